The lowest BCUT2D eigenvalue weighted by molar-refractivity contribution is -0.141. The number of hydrogen-bond donors (Lipinski definition) is 1. The van der Waals surface area contributed by atoms with Gasteiger partial charge >= 0.3 is 0 Å². The molecule has 0 aromatic rings. The van der Waals surface area contributed by atoms with Crippen LogP contribution in [0, 0.1) is 5.92 Å². The molecule has 2 rings (SSSR count). The van der Waals surface area contributed by atoms with Crippen molar-refractivity contribution in [2.24, 2.45) is 5.92 Å². The van der Waals surface area contributed by atoms with Crippen LogP contribution < -0.4 is 5.32 Å². The van der Waals surface area contributed by atoms with Crippen molar-refractivity contribution in [3.63, 3.8) is 0 Å². The number of carbonyl (C=O) groups excluding carboxylic acids is 1. The number of carbonyl (C=O) groups is 1. The quantitative estimate of drug-likeness (QED) is 0.788. The summed E-state index contributed by atoms with van der Waals surface area (Å²) in [6, 6.07) is -0.172. The normalized spacial score (nSPS) is 32.8. The van der Waals surface area contributed by atoms with Gasteiger partial charge in [0.15, 0.2) is 0 Å². The highest BCUT2D eigenvalue weighted by Crippen LogP contribution is 2.20. The SMILES string of the molecule is COC1CN(C(=O)C2COCCN2)CCC1C.Cl. The Hall–Kier alpha value is -0.360. The second kappa shape index (κ2) is 7.28. The van der Waals surface area contributed by atoms with E-state index in [9.17, 15) is 4.79 Å². The van der Waals surface area contributed by atoms with Crippen molar-refractivity contribution in [3.8, 4) is 0 Å². The van der Waals surface area contributed by atoms with Gasteiger partial charge in [0, 0.05) is 26.7 Å². The van der Waals surface area contributed by atoms with Crippen molar-refractivity contribution in [1.29, 1.82) is 0 Å². The monoisotopic (exact) mass is 278 g/mol. The predicted octanol–water partition coefficient (Wildman–Crippen LogP) is 0.280. The van der Waals surface area contributed by atoms with E-state index in [0.29, 0.717) is 25.7 Å². The molecule has 1 N–H and O–H groups in total. The van der Waals surface area contributed by atoms with E-state index in [-0.39, 0.29) is 30.5 Å². The van der Waals surface area contributed by atoms with Crippen molar-refractivity contribution in [2.45, 2.75) is 25.5 Å². The third-order valence-electron chi connectivity index (χ3n) is 3.72. The Balaban J connectivity index is 0.00000162. The Morgan fingerprint density at radius 3 is 2.89 bits per heavy atom. The highest BCUT2D eigenvalue weighted by molar-refractivity contribution is 5.85. The van der Waals surface area contributed by atoms with E-state index in [1.54, 1.807) is 7.11 Å². The number of halogens is 1. The molecule has 2 heterocycles. The molecule has 2 aliphatic heterocycles. The molecule has 3 unspecified atom stereocenters. The van der Waals surface area contributed by atoms with Gasteiger partial charge in [-0.3, -0.25) is 4.79 Å². The van der Waals surface area contributed by atoms with Crippen molar-refractivity contribution in [1.82, 2.24) is 10.2 Å². The minimum absolute atomic E-state index is 0. The molecular formula is C12H23ClN2O3. The summed E-state index contributed by atoms with van der Waals surface area (Å²) in [6.45, 7) is 5.66. The number of nitrogens with zero attached hydrogens (tertiary/aromatic N) is 1. The lowest BCUT2D eigenvalue weighted by atomic mass is 9.95. The summed E-state index contributed by atoms with van der Waals surface area (Å²) in [4.78, 5) is 14.2. The van der Waals surface area contributed by atoms with E-state index >= 15 is 0 Å². The summed E-state index contributed by atoms with van der Waals surface area (Å²) in [5.41, 5.74) is 0. The van der Waals surface area contributed by atoms with Gasteiger partial charge in [-0.05, 0) is 12.3 Å². The Labute approximate surface area is 115 Å². The molecule has 0 spiro atoms. The van der Waals surface area contributed by atoms with Crippen LogP contribution in [0.4, 0.5) is 0 Å². The average molecular weight is 279 g/mol. The maximum absolute atomic E-state index is 12.2. The van der Waals surface area contributed by atoms with Crippen molar-refractivity contribution >= 4 is 18.3 Å². The Morgan fingerprint density at radius 2 is 2.28 bits per heavy atom. The topological polar surface area (TPSA) is 50.8 Å². The number of likely N-dealkylation sites (tertiary alicyclic amines) is 1. The molecule has 2 aliphatic rings. The van der Waals surface area contributed by atoms with Gasteiger partial charge in [0.05, 0.1) is 19.3 Å². The Kier molecular flexibility index (Phi) is 6.35. The van der Waals surface area contributed by atoms with Crippen LogP contribution in [0.15, 0.2) is 0 Å². The smallest absolute Gasteiger partial charge is 0.242 e. The molecule has 6 heteroatoms. The van der Waals surface area contributed by atoms with Gasteiger partial charge < -0.3 is 19.7 Å². The summed E-state index contributed by atoms with van der Waals surface area (Å²) >= 11 is 0. The van der Waals surface area contributed by atoms with Gasteiger partial charge in [-0.1, -0.05) is 6.92 Å². The van der Waals surface area contributed by atoms with Crippen molar-refractivity contribution < 1.29 is 14.3 Å². The van der Waals surface area contributed by atoms with Crippen molar-refractivity contribution in [2.75, 3.05) is 40.0 Å². The molecule has 0 aromatic carbocycles. The molecule has 1 amide bonds. The molecule has 3 atom stereocenters. The van der Waals surface area contributed by atoms with Crippen LogP contribution in [0.25, 0.3) is 0 Å². The van der Waals surface area contributed by atoms with Gasteiger partial charge in [-0.15, -0.1) is 12.4 Å². The fraction of sp³-hybridized carbons (Fsp3) is 0.917. The summed E-state index contributed by atoms with van der Waals surface area (Å²) in [5.74, 6) is 0.679. The van der Waals surface area contributed by atoms with E-state index in [4.69, 9.17) is 9.47 Å². The molecule has 0 radical (unpaired) electrons. The maximum Gasteiger partial charge on any atom is 0.242 e. The first-order valence-corrected chi connectivity index (χ1v) is 6.35. The summed E-state index contributed by atoms with van der Waals surface area (Å²) < 4.78 is 10.8. The summed E-state index contributed by atoms with van der Waals surface area (Å²) in [7, 11) is 1.72. The fourth-order valence-electron chi connectivity index (χ4n) is 2.49. The Morgan fingerprint density at radius 1 is 1.50 bits per heavy atom. The third-order valence-corrected chi connectivity index (χ3v) is 3.72. The van der Waals surface area contributed by atoms with E-state index in [1.807, 2.05) is 4.90 Å². The minimum Gasteiger partial charge on any atom is -0.379 e. The van der Waals surface area contributed by atoms with Crippen LogP contribution in [0.1, 0.15) is 13.3 Å². The molecule has 106 valence electrons. The predicted molar refractivity (Wildman–Crippen MR) is 71.0 cm³/mol. The Bertz CT molecular complexity index is 272. The number of ether oxygens (including phenoxy) is 2. The molecule has 0 saturated carbocycles. The zero-order valence-corrected chi connectivity index (χ0v) is 11.9. The number of methoxy groups -OCH3 is 1. The fourth-order valence-corrected chi connectivity index (χ4v) is 2.49. The van der Waals surface area contributed by atoms with Gasteiger partial charge in [0.2, 0.25) is 5.91 Å². The number of hydrogen-bond acceptors (Lipinski definition) is 4. The zero-order valence-electron chi connectivity index (χ0n) is 11.1. The highest BCUT2D eigenvalue weighted by atomic mass is 35.5. The number of amides is 1. The first kappa shape index (κ1) is 15.7. The molecule has 2 fully saturated rings. The minimum atomic E-state index is -0.172. The van der Waals surface area contributed by atoms with Crippen LogP contribution in [-0.4, -0.2) is 62.9 Å². The third kappa shape index (κ3) is 3.57. The summed E-state index contributed by atoms with van der Waals surface area (Å²) in [6.07, 6.45) is 1.18. The second-order valence-electron chi connectivity index (χ2n) is 4.91. The van der Waals surface area contributed by atoms with Crippen LogP contribution in [0.2, 0.25) is 0 Å². The largest absolute Gasteiger partial charge is 0.379 e. The first-order chi connectivity index (χ1) is 8.22. The molecule has 0 aliphatic carbocycles. The highest BCUT2D eigenvalue weighted by Gasteiger charge is 2.32. The molecule has 18 heavy (non-hydrogen) atoms. The van der Waals surface area contributed by atoms with E-state index in [2.05, 4.69) is 12.2 Å². The molecule has 0 bridgehead atoms. The lowest BCUT2D eigenvalue weighted by Crippen LogP contribution is -2.56. The summed E-state index contributed by atoms with van der Waals surface area (Å²) in [5, 5.41) is 3.20. The van der Waals surface area contributed by atoms with E-state index in [1.165, 1.54) is 0 Å². The molecule has 2 saturated heterocycles. The maximum atomic E-state index is 12.2. The molecule has 5 nitrogen and oxygen atoms in total. The average Bonchev–Trinajstić information content (AvgIpc) is 2.39. The van der Waals surface area contributed by atoms with Gasteiger partial charge in [0.1, 0.15) is 6.04 Å². The van der Waals surface area contributed by atoms with Crippen molar-refractivity contribution in [3.05, 3.63) is 0 Å². The number of piperidine rings is 1. The number of morpholine rings is 1. The van der Waals surface area contributed by atoms with Crippen LogP contribution in [0.5, 0.6) is 0 Å². The zero-order chi connectivity index (χ0) is 12.3. The first-order valence-electron chi connectivity index (χ1n) is 6.35. The van der Waals surface area contributed by atoms with Gasteiger partial charge in [-0.2, -0.15) is 0 Å². The molecule has 0 aromatic heterocycles. The number of rotatable bonds is 2. The van der Waals surface area contributed by atoms with Crippen LogP contribution in [-0.2, 0) is 14.3 Å². The van der Waals surface area contributed by atoms with E-state index in [0.717, 1.165) is 19.5 Å². The lowest BCUT2D eigenvalue weighted by Gasteiger charge is -2.38. The van der Waals surface area contributed by atoms with E-state index < -0.39 is 0 Å². The molecular weight excluding hydrogens is 256 g/mol. The van der Waals surface area contributed by atoms with Crippen LogP contribution in [0.3, 0.4) is 0 Å². The van der Waals surface area contributed by atoms with Gasteiger partial charge in [0.25, 0.3) is 0 Å². The van der Waals surface area contributed by atoms with Crippen LogP contribution >= 0.6 is 12.4 Å². The standard InChI is InChI=1S/C12H22N2O3.ClH/c1-9-3-5-14(7-11(9)16-2)12(15)10-8-17-6-4-13-10;/h9-11,13H,3-8H2,1-2H3;1H. The van der Waals surface area contributed by atoms with Gasteiger partial charge in [-0.25, -0.2) is 0 Å². The number of nitrogens with one attached hydrogen (secondary N) is 1. The second-order valence-corrected chi connectivity index (χ2v) is 4.91.